The highest BCUT2D eigenvalue weighted by molar-refractivity contribution is 6.38. The first-order valence-corrected chi connectivity index (χ1v) is 17.6. The first kappa shape index (κ1) is 36.3. The standard InChI is InChI=1S/C34H53N5O8/c1-19(2)18-47-34(46)39-29(23-7-5-4-6-8-23)32(44)37-26(16-22-11-12-22)31(43)36-25(15-21-9-10-21)30(42)33(45)35-17-27(41)38-28(20(3)40)24-13-14-24/h19,21-26,28-29H,4-18H2,1-3H3,(H,35,45)(H,36,43)(H,37,44)(H,38,41)(H,39,46)/t25?,26-,28+,29-/m0/s1. The van der Waals surface area contributed by atoms with Crippen molar-refractivity contribution in [3.63, 3.8) is 0 Å². The van der Waals surface area contributed by atoms with Gasteiger partial charge in [-0.3, -0.25) is 28.8 Å². The van der Waals surface area contributed by atoms with Crippen molar-refractivity contribution >= 4 is 41.3 Å². The molecule has 0 spiro atoms. The number of Topliss-reactive ketones (excluding diaryl/α,β-unsaturated/α-hetero) is 2. The summed E-state index contributed by atoms with van der Waals surface area (Å²) in [5.41, 5.74) is 0. The molecule has 262 valence electrons. The Kier molecular flexibility index (Phi) is 13.2. The summed E-state index contributed by atoms with van der Waals surface area (Å²) in [6, 6.07) is -3.54. The van der Waals surface area contributed by atoms with Gasteiger partial charge in [0.1, 0.15) is 12.1 Å². The van der Waals surface area contributed by atoms with E-state index in [0.29, 0.717) is 6.42 Å². The number of rotatable bonds is 19. The molecule has 4 rings (SSSR count). The van der Waals surface area contributed by atoms with Gasteiger partial charge in [0, 0.05) is 0 Å². The van der Waals surface area contributed by atoms with E-state index < -0.39 is 66.2 Å². The minimum atomic E-state index is -1.12. The molecule has 4 aliphatic rings. The smallest absolute Gasteiger partial charge is 0.407 e. The molecule has 0 aromatic carbocycles. The van der Waals surface area contributed by atoms with Gasteiger partial charge in [-0.1, -0.05) is 58.8 Å². The van der Waals surface area contributed by atoms with E-state index in [1.54, 1.807) is 0 Å². The van der Waals surface area contributed by atoms with Crippen molar-refractivity contribution in [1.29, 1.82) is 0 Å². The average Bonchev–Trinajstić information content (AvgIpc) is 3.87. The summed E-state index contributed by atoms with van der Waals surface area (Å²) in [7, 11) is 0. The van der Waals surface area contributed by atoms with Gasteiger partial charge in [-0.15, -0.1) is 0 Å². The molecule has 0 aromatic heterocycles. The number of ether oxygens (including phenoxy) is 1. The number of amides is 5. The molecule has 4 saturated carbocycles. The van der Waals surface area contributed by atoms with Crippen LogP contribution in [0.1, 0.15) is 104 Å². The Morgan fingerprint density at radius 2 is 1.23 bits per heavy atom. The van der Waals surface area contributed by atoms with Crippen LogP contribution < -0.4 is 26.6 Å². The fourth-order valence-corrected chi connectivity index (χ4v) is 6.26. The van der Waals surface area contributed by atoms with Crippen molar-refractivity contribution in [2.45, 2.75) is 128 Å². The minimum Gasteiger partial charge on any atom is -0.449 e. The van der Waals surface area contributed by atoms with E-state index in [1.807, 2.05) is 13.8 Å². The fourth-order valence-electron chi connectivity index (χ4n) is 6.26. The maximum Gasteiger partial charge on any atom is 0.407 e. The third-order valence-electron chi connectivity index (χ3n) is 9.50. The SMILES string of the molecule is CC(=O)[C@@H](NC(=O)CNC(=O)C(=O)C(CC1CC1)NC(=O)[C@H](CC1CC1)NC(=O)[C@@H](NC(=O)OCC(C)C)C1CCCCC1)C1CC1. The molecule has 5 N–H and O–H groups in total. The summed E-state index contributed by atoms with van der Waals surface area (Å²) in [4.78, 5) is 90.4. The van der Waals surface area contributed by atoms with E-state index in [1.165, 1.54) is 6.92 Å². The van der Waals surface area contributed by atoms with Crippen molar-refractivity contribution < 1.29 is 38.3 Å². The third-order valence-corrected chi connectivity index (χ3v) is 9.50. The second-order valence-electron chi connectivity index (χ2n) is 14.5. The minimum absolute atomic E-state index is 0.0972. The summed E-state index contributed by atoms with van der Waals surface area (Å²) in [5.74, 6) is -3.06. The van der Waals surface area contributed by atoms with Crippen molar-refractivity contribution in [3.05, 3.63) is 0 Å². The molecule has 0 saturated heterocycles. The lowest BCUT2D eigenvalue weighted by atomic mass is 9.83. The summed E-state index contributed by atoms with van der Waals surface area (Å²) in [6.07, 6.45) is 9.75. The first-order chi connectivity index (χ1) is 22.4. The molecule has 0 heterocycles. The highest BCUT2D eigenvalue weighted by atomic mass is 16.5. The lowest BCUT2D eigenvalue weighted by Crippen LogP contribution is -2.58. The van der Waals surface area contributed by atoms with E-state index in [4.69, 9.17) is 4.74 Å². The number of carbonyl (C=O) groups excluding carboxylic acids is 7. The lowest BCUT2D eigenvalue weighted by Gasteiger charge is -2.31. The van der Waals surface area contributed by atoms with Crippen LogP contribution >= 0.6 is 0 Å². The summed E-state index contributed by atoms with van der Waals surface area (Å²) in [5, 5.41) is 13.3. The van der Waals surface area contributed by atoms with E-state index in [-0.39, 0.29) is 48.4 Å². The molecule has 0 bridgehead atoms. The van der Waals surface area contributed by atoms with E-state index in [2.05, 4.69) is 26.6 Å². The van der Waals surface area contributed by atoms with Gasteiger partial charge in [0.25, 0.3) is 5.91 Å². The van der Waals surface area contributed by atoms with Crippen LogP contribution in [0.15, 0.2) is 0 Å². The Balaban J connectivity index is 1.37. The molecular formula is C34H53N5O8. The third kappa shape index (κ3) is 12.2. The largest absolute Gasteiger partial charge is 0.449 e. The highest BCUT2D eigenvalue weighted by Gasteiger charge is 2.39. The van der Waals surface area contributed by atoms with Crippen molar-refractivity contribution in [1.82, 2.24) is 26.6 Å². The van der Waals surface area contributed by atoms with Crippen LogP contribution in [0.3, 0.4) is 0 Å². The van der Waals surface area contributed by atoms with E-state index in [0.717, 1.165) is 70.6 Å². The summed E-state index contributed by atoms with van der Waals surface area (Å²) in [6.45, 7) is 4.99. The molecule has 0 aliphatic heterocycles. The van der Waals surface area contributed by atoms with E-state index in [9.17, 15) is 33.6 Å². The fraction of sp³-hybridized carbons (Fsp3) is 0.794. The normalized spacial score (nSPS) is 20.6. The second-order valence-corrected chi connectivity index (χ2v) is 14.5. The van der Waals surface area contributed by atoms with Gasteiger partial charge in [-0.2, -0.15) is 0 Å². The molecule has 4 aliphatic carbocycles. The topological polar surface area (TPSA) is 189 Å². The molecule has 47 heavy (non-hydrogen) atoms. The molecule has 4 fully saturated rings. The Labute approximate surface area is 277 Å². The predicted octanol–water partition coefficient (Wildman–Crippen LogP) is 2.06. The van der Waals surface area contributed by atoms with Crippen LogP contribution in [-0.2, 0) is 33.5 Å². The molecule has 13 nitrogen and oxygen atoms in total. The van der Waals surface area contributed by atoms with Crippen LogP contribution in [0, 0.1) is 29.6 Å². The van der Waals surface area contributed by atoms with Crippen LogP contribution in [-0.4, -0.2) is 78.6 Å². The van der Waals surface area contributed by atoms with Crippen molar-refractivity contribution in [3.8, 4) is 0 Å². The van der Waals surface area contributed by atoms with Gasteiger partial charge in [0.2, 0.25) is 23.5 Å². The number of nitrogens with one attached hydrogen (secondary N) is 5. The van der Waals surface area contributed by atoms with Gasteiger partial charge >= 0.3 is 6.09 Å². The Hall–Kier alpha value is -3.51. The number of alkyl carbamates (subject to hydrolysis) is 1. The number of hydrogen-bond acceptors (Lipinski definition) is 8. The van der Waals surface area contributed by atoms with Crippen LogP contribution in [0.25, 0.3) is 0 Å². The first-order valence-electron chi connectivity index (χ1n) is 17.6. The van der Waals surface area contributed by atoms with E-state index >= 15 is 0 Å². The number of hydrogen-bond donors (Lipinski definition) is 5. The molecule has 0 aromatic rings. The van der Waals surface area contributed by atoms with Crippen LogP contribution in [0.4, 0.5) is 4.79 Å². The number of carbonyl (C=O) groups is 7. The average molecular weight is 660 g/mol. The molecule has 4 atom stereocenters. The molecule has 0 radical (unpaired) electrons. The van der Waals surface area contributed by atoms with Gasteiger partial charge in [0.15, 0.2) is 5.78 Å². The van der Waals surface area contributed by atoms with Crippen LogP contribution in [0.2, 0.25) is 0 Å². The Morgan fingerprint density at radius 1 is 0.660 bits per heavy atom. The summed E-state index contributed by atoms with van der Waals surface area (Å²) >= 11 is 0. The zero-order chi connectivity index (χ0) is 34.1. The lowest BCUT2D eigenvalue weighted by molar-refractivity contribution is -0.141. The van der Waals surface area contributed by atoms with Crippen molar-refractivity contribution in [2.75, 3.05) is 13.2 Å². The predicted molar refractivity (Wildman–Crippen MR) is 172 cm³/mol. The molecule has 1 unspecified atom stereocenters. The Bertz CT molecular complexity index is 1170. The zero-order valence-electron chi connectivity index (χ0n) is 28.1. The quantitative estimate of drug-likeness (QED) is 0.130. The Morgan fingerprint density at radius 3 is 1.79 bits per heavy atom. The van der Waals surface area contributed by atoms with Crippen molar-refractivity contribution in [2.24, 2.45) is 29.6 Å². The molecule has 13 heteroatoms. The molecule has 5 amide bonds. The maximum atomic E-state index is 13.7. The van der Waals surface area contributed by atoms with Gasteiger partial charge in [-0.25, -0.2) is 4.79 Å². The summed E-state index contributed by atoms with van der Waals surface area (Å²) < 4.78 is 5.30. The van der Waals surface area contributed by atoms with Gasteiger partial charge in [-0.05, 0) is 75.0 Å². The second kappa shape index (κ2) is 17.1. The van der Waals surface area contributed by atoms with Crippen LogP contribution in [0.5, 0.6) is 0 Å². The molecular weight excluding hydrogens is 606 g/mol. The number of ketones is 2. The van der Waals surface area contributed by atoms with Gasteiger partial charge < -0.3 is 31.3 Å². The zero-order valence-corrected chi connectivity index (χ0v) is 28.1. The monoisotopic (exact) mass is 659 g/mol. The van der Waals surface area contributed by atoms with Gasteiger partial charge in [0.05, 0.1) is 25.2 Å². The highest BCUT2D eigenvalue weighted by Crippen LogP contribution is 2.35. The maximum absolute atomic E-state index is 13.7.